The predicted molar refractivity (Wildman–Crippen MR) is 53.8 cm³/mol. The van der Waals surface area contributed by atoms with E-state index in [1.165, 1.54) is 23.2 Å². The summed E-state index contributed by atoms with van der Waals surface area (Å²) in [5.74, 6) is -0.645. The van der Waals surface area contributed by atoms with Crippen molar-refractivity contribution in [2.24, 2.45) is 14.1 Å². The molecule has 0 unspecified atom stereocenters. The van der Waals surface area contributed by atoms with Crippen molar-refractivity contribution >= 4 is 11.0 Å². The Morgan fingerprint density at radius 3 is 2.44 bits per heavy atom. The number of aryl methyl sites for hydroxylation is 3. The topological polar surface area (TPSA) is 8.81 Å². The van der Waals surface area contributed by atoms with Crippen molar-refractivity contribution in [3.05, 3.63) is 29.6 Å². The monoisotopic (exact) mass is 229 g/mol. The van der Waals surface area contributed by atoms with E-state index >= 15 is 0 Å². The van der Waals surface area contributed by atoms with Crippen molar-refractivity contribution in [1.82, 2.24) is 4.57 Å². The molecule has 0 bridgehead atoms. The number of fused-ring (bicyclic) bond motifs is 1. The number of hydrogen-bond acceptors (Lipinski definition) is 0. The number of imidazole rings is 1. The highest BCUT2D eigenvalue weighted by atomic mass is 19.4. The lowest BCUT2D eigenvalue weighted by Crippen LogP contribution is -2.37. The van der Waals surface area contributed by atoms with E-state index in [2.05, 4.69) is 0 Å². The molecule has 0 aliphatic carbocycles. The third-order valence-electron chi connectivity index (χ3n) is 2.74. The lowest BCUT2D eigenvalue weighted by Gasteiger charge is -2.01. The van der Waals surface area contributed by atoms with E-state index < -0.39 is 12.0 Å². The van der Waals surface area contributed by atoms with Gasteiger partial charge in [-0.15, -0.1) is 0 Å². The third kappa shape index (κ3) is 1.47. The summed E-state index contributed by atoms with van der Waals surface area (Å²) in [6.07, 6.45) is -4.34. The largest absolute Gasteiger partial charge is 0.495 e. The van der Waals surface area contributed by atoms with Crippen molar-refractivity contribution in [3.63, 3.8) is 0 Å². The highest BCUT2D eigenvalue weighted by molar-refractivity contribution is 5.73. The van der Waals surface area contributed by atoms with Gasteiger partial charge in [-0.1, -0.05) is 6.07 Å². The summed E-state index contributed by atoms with van der Waals surface area (Å²) in [6.45, 7) is 1.86. The van der Waals surface area contributed by atoms with Crippen LogP contribution in [-0.4, -0.2) is 4.57 Å². The van der Waals surface area contributed by atoms with Gasteiger partial charge in [-0.05, 0) is 24.6 Å². The van der Waals surface area contributed by atoms with E-state index in [0.29, 0.717) is 11.0 Å². The van der Waals surface area contributed by atoms with Gasteiger partial charge in [0.05, 0.1) is 14.1 Å². The molecule has 0 saturated carbocycles. The number of alkyl halides is 3. The second-order valence-corrected chi connectivity index (χ2v) is 3.93. The normalized spacial score (nSPS) is 12.4. The van der Waals surface area contributed by atoms with Crippen LogP contribution >= 0.6 is 0 Å². The van der Waals surface area contributed by atoms with Crippen molar-refractivity contribution in [2.75, 3.05) is 0 Å². The standard InChI is InChI=1S/C11H12F3N2/c1-7-4-5-8-9(6-7)16(3)10(15(8)2)11(12,13)14/h4-6H,1-3H3/q+1. The van der Waals surface area contributed by atoms with E-state index in [1.54, 1.807) is 12.1 Å². The smallest absolute Gasteiger partial charge is 0.222 e. The molecular formula is C11H12F3N2+. The Hall–Kier alpha value is -1.52. The van der Waals surface area contributed by atoms with Gasteiger partial charge >= 0.3 is 12.0 Å². The second kappa shape index (κ2) is 3.23. The van der Waals surface area contributed by atoms with E-state index in [9.17, 15) is 13.2 Å². The zero-order chi connectivity index (χ0) is 12.1. The van der Waals surface area contributed by atoms with Gasteiger partial charge in [-0.3, -0.25) is 0 Å². The minimum absolute atomic E-state index is 0.584. The van der Waals surface area contributed by atoms with Crippen molar-refractivity contribution in [3.8, 4) is 0 Å². The summed E-state index contributed by atoms with van der Waals surface area (Å²) >= 11 is 0. The van der Waals surface area contributed by atoms with Crippen LogP contribution in [0.1, 0.15) is 11.4 Å². The molecule has 0 aliphatic heterocycles. The molecule has 0 amide bonds. The summed E-state index contributed by atoms with van der Waals surface area (Å²) < 4.78 is 40.8. The number of rotatable bonds is 0. The van der Waals surface area contributed by atoms with Crippen LogP contribution < -0.4 is 4.57 Å². The Labute approximate surface area is 90.9 Å². The first kappa shape index (κ1) is 11.0. The van der Waals surface area contributed by atoms with Crippen LogP contribution in [0.5, 0.6) is 0 Å². The summed E-state index contributed by atoms with van der Waals surface area (Å²) in [7, 11) is 2.87. The molecule has 2 rings (SSSR count). The average molecular weight is 229 g/mol. The van der Waals surface area contributed by atoms with Crippen molar-refractivity contribution in [1.29, 1.82) is 0 Å². The van der Waals surface area contributed by atoms with Crippen LogP contribution in [0.15, 0.2) is 18.2 Å². The van der Waals surface area contributed by atoms with Gasteiger partial charge < -0.3 is 0 Å². The number of nitrogens with zero attached hydrogens (tertiary/aromatic N) is 2. The van der Waals surface area contributed by atoms with Gasteiger partial charge in [0.2, 0.25) is 0 Å². The van der Waals surface area contributed by atoms with Gasteiger partial charge in [0.1, 0.15) is 0 Å². The van der Waals surface area contributed by atoms with Gasteiger partial charge in [0, 0.05) is 0 Å². The predicted octanol–water partition coefficient (Wildman–Crippen LogP) is 2.33. The molecule has 0 fully saturated rings. The maximum atomic E-state index is 12.8. The van der Waals surface area contributed by atoms with E-state index in [4.69, 9.17) is 0 Å². The van der Waals surface area contributed by atoms with Crippen LogP contribution in [0.4, 0.5) is 13.2 Å². The van der Waals surface area contributed by atoms with Crippen LogP contribution in [-0.2, 0) is 20.3 Å². The number of hydrogen-bond donors (Lipinski definition) is 0. The van der Waals surface area contributed by atoms with Crippen LogP contribution in [0.3, 0.4) is 0 Å². The minimum atomic E-state index is -4.34. The lowest BCUT2D eigenvalue weighted by atomic mass is 10.2. The van der Waals surface area contributed by atoms with Crippen LogP contribution in [0.2, 0.25) is 0 Å². The molecule has 0 spiro atoms. The van der Waals surface area contributed by atoms with E-state index in [-0.39, 0.29) is 0 Å². The molecule has 0 atom stereocenters. The highest BCUT2D eigenvalue weighted by Gasteiger charge is 2.45. The molecule has 0 aliphatic rings. The number of benzene rings is 1. The lowest BCUT2D eigenvalue weighted by molar-refractivity contribution is -0.667. The minimum Gasteiger partial charge on any atom is -0.222 e. The Bertz CT molecular complexity index is 552. The molecule has 2 nitrogen and oxygen atoms in total. The number of halogens is 3. The fourth-order valence-corrected chi connectivity index (χ4v) is 2.02. The summed E-state index contributed by atoms with van der Waals surface area (Å²) in [6, 6.07) is 5.27. The molecule has 0 radical (unpaired) electrons. The average Bonchev–Trinajstić information content (AvgIpc) is 2.38. The van der Waals surface area contributed by atoms with Gasteiger partial charge in [0.25, 0.3) is 0 Å². The fraction of sp³-hybridized carbons (Fsp3) is 0.364. The molecule has 1 aromatic carbocycles. The second-order valence-electron chi connectivity index (χ2n) is 3.93. The van der Waals surface area contributed by atoms with Crippen LogP contribution in [0.25, 0.3) is 11.0 Å². The maximum Gasteiger partial charge on any atom is 0.495 e. The SMILES string of the molecule is Cc1ccc2c(c1)[n+](C)c(C(F)(F)F)n2C. The Kier molecular flexibility index (Phi) is 2.22. The molecule has 0 saturated heterocycles. The third-order valence-corrected chi connectivity index (χ3v) is 2.74. The highest BCUT2D eigenvalue weighted by Crippen LogP contribution is 2.29. The van der Waals surface area contributed by atoms with Crippen molar-refractivity contribution < 1.29 is 17.7 Å². The first-order chi connectivity index (χ1) is 7.32. The molecule has 16 heavy (non-hydrogen) atoms. The molecule has 0 N–H and O–H groups in total. The molecule has 5 heteroatoms. The Morgan fingerprint density at radius 1 is 1.25 bits per heavy atom. The molecule has 2 aromatic rings. The number of aromatic nitrogens is 2. The summed E-state index contributed by atoms with van der Waals surface area (Å²) in [4.78, 5) is 0. The zero-order valence-electron chi connectivity index (χ0n) is 9.26. The van der Waals surface area contributed by atoms with Gasteiger partial charge in [-0.25, -0.2) is 9.13 Å². The van der Waals surface area contributed by atoms with Crippen LogP contribution in [0, 0.1) is 6.92 Å². The Balaban J connectivity index is 2.87. The first-order valence-electron chi connectivity index (χ1n) is 4.84. The quantitative estimate of drug-likeness (QED) is 0.613. The molecule has 1 aromatic heterocycles. The molecule has 86 valence electrons. The van der Waals surface area contributed by atoms with E-state index in [1.807, 2.05) is 13.0 Å². The molecular weight excluding hydrogens is 217 g/mol. The fourth-order valence-electron chi connectivity index (χ4n) is 2.02. The summed E-state index contributed by atoms with van der Waals surface area (Å²) in [5.41, 5.74) is 2.12. The van der Waals surface area contributed by atoms with Gasteiger partial charge in [0.15, 0.2) is 11.0 Å². The van der Waals surface area contributed by atoms with E-state index in [0.717, 1.165) is 5.56 Å². The first-order valence-corrected chi connectivity index (χ1v) is 4.84. The maximum absolute atomic E-state index is 12.8. The molecule has 1 heterocycles. The Morgan fingerprint density at radius 2 is 1.88 bits per heavy atom. The summed E-state index contributed by atoms with van der Waals surface area (Å²) in [5, 5.41) is 0. The zero-order valence-corrected chi connectivity index (χ0v) is 9.26. The van der Waals surface area contributed by atoms with Gasteiger partial charge in [-0.2, -0.15) is 13.2 Å². The van der Waals surface area contributed by atoms with Crippen molar-refractivity contribution in [2.45, 2.75) is 13.1 Å².